The van der Waals surface area contributed by atoms with Crippen LogP contribution >= 0.6 is 0 Å². The fraction of sp³-hybridized carbons (Fsp3) is 0.182. The summed E-state index contributed by atoms with van der Waals surface area (Å²) in [6, 6.07) is 3.70. The van der Waals surface area contributed by atoms with Gasteiger partial charge in [0.15, 0.2) is 0 Å². The third-order valence-electron chi connectivity index (χ3n) is 2.13. The molecule has 5 heteroatoms. The zero-order valence-electron chi connectivity index (χ0n) is 8.80. The molecule has 0 saturated carbocycles. The number of nitrogens with one attached hydrogen (secondary N) is 1. The lowest BCUT2D eigenvalue weighted by Gasteiger charge is -2.01. The fourth-order valence-corrected chi connectivity index (χ4v) is 1.33. The molecule has 2 heterocycles. The van der Waals surface area contributed by atoms with Gasteiger partial charge in [-0.05, 0) is 12.1 Å². The molecule has 2 aromatic rings. The van der Waals surface area contributed by atoms with Gasteiger partial charge in [0, 0.05) is 24.2 Å². The van der Waals surface area contributed by atoms with E-state index in [9.17, 15) is 4.79 Å². The van der Waals surface area contributed by atoms with Crippen LogP contribution in [-0.4, -0.2) is 28.0 Å². The molecular formula is C11H11N3O2. The van der Waals surface area contributed by atoms with Crippen LogP contribution in [-0.2, 0) is 16.0 Å². The Balaban J connectivity index is 2.23. The molecule has 0 aliphatic carbocycles. The maximum absolute atomic E-state index is 11.1. The molecule has 0 aromatic carbocycles. The third kappa shape index (κ3) is 2.25. The van der Waals surface area contributed by atoms with Crippen LogP contribution in [0.25, 0.3) is 11.3 Å². The van der Waals surface area contributed by atoms with Gasteiger partial charge in [-0.3, -0.25) is 4.79 Å². The van der Waals surface area contributed by atoms with Crippen LogP contribution in [0, 0.1) is 0 Å². The summed E-state index contributed by atoms with van der Waals surface area (Å²) in [6.07, 6.45) is 5.38. The number of H-pyrrole nitrogens is 1. The number of hydrogen-bond donors (Lipinski definition) is 1. The number of carbonyl (C=O) groups is 1. The highest BCUT2D eigenvalue weighted by Gasteiger charge is 2.07. The van der Waals surface area contributed by atoms with Crippen molar-refractivity contribution in [3.8, 4) is 11.3 Å². The second-order valence-electron chi connectivity index (χ2n) is 3.21. The van der Waals surface area contributed by atoms with Crippen molar-refractivity contribution in [2.24, 2.45) is 0 Å². The number of carbonyl (C=O) groups excluding carboxylic acids is 1. The molecule has 0 radical (unpaired) electrons. The van der Waals surface area contributed by atoms with Crippen molar-refractivity contribution in [2.75, 3.05) is 7.11 Å². The molecule has 2 aromatic heterocycles. The van der Waals surface area contributed by atoms with E-state index in [-0.39, 0.29) is 12.4 Å². The Kier molecular flexibility index (Phi) is 2.95. The van der Waals surface area contributed by atoms with E-state index < -0.39 is 0 Å². The summed E-state index contributed by atoms with van der Waals surface area (Å²) >= 11 is 0. The van der Waals surface area contributed by atoms with Crippen molar-refractivity contribution in [1.82, 2.24) is 15.0 Å². The number of hydrogen-bond acceptors (Lipinski definition) is 4. The fourth-order valence-electron chi connectivity index (χ4n) is 1.33. The van der Waals surface area contributed by atoms with Crippen molar-refractivity contribution in [3.63, 3.8) is 0 Å². The summed E-state index contributed by atoms with van der Waals surface area (Å²) in [5.74, 6) is 0.122. The van der Waals surface area contributed by atoms with Gasteiger partial charge in [-0.15, -0.1) is 0 Å². The zero-order chi connectivity index (χ0) is 11.4. The predicted molar refractivity (Wildman–Crippen MR) is 57.5 cm³/mol. The molecule has 2 rings (SSSR count). The molecule has 0 fully saturated rings. The van der Waals surface area contributed by atoms with Crippen molar-refractivity contribution < 1.29 is 9.53 Å². The van der Waals surface area contributed by atoms with Crippen LogP contribution in [0.1, 0.15) is 5.82 Å². The standard InChI is InChI=1S/C11H11N3O2/c1-16-11(15)6-10-13-5-3-9(14-10)8-2-4-12-7-8/h2-5,7,12H,6H2,1H3. The first-order chi connectivity index (χ1) is 7.79. The molecule has 0 saturated heterocycles. The van der Waals surface area contributed by atoms with Gasteiger partial charge in [0.25, 0.3) is 0 Å². The van der Waals surface area contributed by atoms with Crippen LogP contribution in [0.4, 0.5) is 0 Å². The minimum Gasteiger partial charge on any atom is -0.469 e. The van der Waals surface area contributed by atoms with Gasteiger partial charge in [0.1, 0.15) is 12.2 Å². The van der Waals surface area contributed by atoms with Crippen molar-refractivity contribution in [2.45, 2.75) is 6.42 Å². The molecule has 0 aliphatic heterocycles. The topological polar surface area (TPSA) is 67.9 Å². The lowest BCUT2D eigenvalue weighted by atomic mass is 10.2. The van der Waals surface area contributed by atoms with Crippen LogP contribution in [0.2, 0.25) is 0 Å². The van der Waals surface area contributed by atoms with Gasteiger partial charge in [0.05, 0.1) is 12.8 Å². The number of methoxy groups -OCH3 is 1. The Labute approximate surface area is 92.5 Å². The Bertz CT molecular complexity index is 480. The molecule has 1 N–H and O–H groups in total. The summed E-state index contributed by atoms with van der Waals surface area (Å²) in [7, 11) is 1.35. The first-order valence-corrected chi connectivity index (χ1v) is 4.81. The first-order valence-electron chi connectivity index (χ1n) is 4.81. The number of esters is 1. The normalized spacial score (nSPS) is 10.1. The molecular weight excluding hydrogens is 206 g/mol. The van der Waals surface area contributed by atoms with E-state index in [4.69, 9.17) is 0 Å². The van der Waals surface area contributed by atoms with Crippen molar-refractivity contribution in [3.05, 3.63) is 36.5 Å². The molecule has 0 aliphatic rings. The summed E-state index contributed by atoms with van der Waals surface area (Å²) < 4.78 is 4.56. The second kappa shape index (κ2) is 4.57. The molecule has 82 valence electrons. The van der Waals surface area contributed by atoms with E-state index in [1.165, 1.54) is 7.11 Å². The van der Waals surface area contributed by atoms with E-state index in [2.05, 4.69) is 19.7 Å². The van der Waals surface area contributed by atoms with Gasteiger partial charge >= 0.3 is 5.97 Å². The minimum atomic E-state index is -0.341. The van der Waals surface area contributed by atoms with Gasteiger partial charge in [-0.1, -0.05) is 0 Å². The number of aromatic nitrogens is 3. The largest absolute Gasteiger partial charge is 0.469 e. The van der Waals surface area contributed by atoms with Gasteiger partial charge in [-0.25, -0.2) is 9.97 Å². The van der Waals surface area contributed by atoms with Gasteiger partial charge in [-0.2, -0.15) is 0 Å². The van der Waals surface area contributed by atoms with Crippen molar-refractivity contribution >= 4 is 5.97 Å². The lowest BCUT2D eigenvalue weighted by Crippen LogP contribution is -2.08. The average Bonchev–Trinajstić information content (AvgIpc) is 2.83. The summed E-state index contributed by atoms with van der Waals surface area (Å²) in [5.41, 5.74) is 1.75. The number of ether oxygens (including phenoxy) is 1. The van der Waals surface area contributed by atoms with Crippen LogP contribution < -0.4 is 0 Å². The van der Waals surface area contributed by atoms with Crippen LogP contribution in [0.3, 0.4) is 0 Å². The van der Waals surface area contributed by atoms with Gasteiger partial charge in [0.2, 0.25) is 0 Å². The second-order valence-corrected chi connectivity index (χ2v) is 3.21. The maximum atomic E-state index is 11.1. The van der Waals surface area contributed by atoms with E-state index in [0.29, 0.717) is 5.82 Å². The van der Waals surface area contributed by atoms with Crippen LogP contribution in [0.5, 0.6) is 0 Å². The Morgan fingerprint density at radius 3 is 3.06 bits per heavy atom. The molecule has 0 bridgehead atoms. The van der Waals surface area contributed by atoms with E-state index in [1.807, 2.05) is 18.5 Å². The zero-order valence-corrected chi connectivity index (χ0v) is 8.80. The number of nitrogens with zero attached hydrogens (tertiary/aromatic N) is 2. The van der Waals surface area contributed by atoms with E-state index >= 15 is 0 Å². The smallest absolute Gasteiger partial charge is 0.313 e. The third-order valence-corrected chi connectivity index (χ3v) is 2.13. The Morgan fingerprint density at radius 1 is 1.50 bits per heavy atom. The molecule has 0 spiro atoms. The highest BCUT2D eigenvalue weighted by atomic mass is 16.5. The molecule has 0 amide bonds. The lowest BCUT2D eigenvalue weighted by molar-refractivity contribution is -0.139. The summed E-state index contributed by atoms with van der Waals surface area (Å²) in [4.78, 5) is 22.3. The number of rotatable bonds is 3. The Morgan fingerprint density at radius 2 is 2.38 bits per heavy atom. The molecule has 0 atom stereocenters. The predicted octanol–water partition coefficient (Wildman–Crippen LogP) is 1.19. The Hall–Kier alpha value is -2.17. The highest BCUT2D eigenvalue weighted by Crippen LogP contribution is 2.14. The minimum absolute atomic E-state index is 0.0920. The van der Waals surface area contributed by atoms with Crippen molar-refractivity contribution in [1.29, 1.82) is 0 Å². The first kappa shape index (κ1) is 10.4. The monoisotopic (exact) mass is 217 g/mol. The number of aromatic amines is 1. The van der Waals surface area contributed by atoms with Gasteiger partial charge < -0.3 is 9.72 Å². The summed E-state index contributed by atoms with van der Waals surface area (Å²) in [5, 5.41) is 0. The van der Waals surface area contributed by atoms with Crippen LogP contribution in [0.15, 0.2) is 30.7 Å². The molecule has 0 unspecified atom stereocenters. The molecule has 16 heavy (non-hydrogen) atoms. The highest BCUT2D eigenvalue weighted by molar-refractivity contribution is 5.71. The quantitative estimate of drug-likeness (QED) is 0.784. The molecule has 5 nitrogen and oxygen atoms in total. The maximum Gasteiger partial charge on any atom is 0.313 e. The summed E-state index contributed by atoms with van der Waals surface area (Å²) in [6.45, 7) is 0. The SMILES string of the molecule is COC(=O)Cc1nccc(-c2cc[nH]c2)n1. The van der Waals surface area contributed by atoms with E-state index in [1.54, 1.807) is 12.3 Å². The van der Waals surface area contributed by atoms with E-state index in [0.717, 1.165) is 11.3 Å². The average molecular weight is 217 g/mol.